The molecular weight excluding hydrogens is 244 g/mol. The molecule has 0 aliphatic carbocycles. The van der Waals surface area contributed by atoms with Gasteiger partial charge in [-0.3, -0.25) is 9.59 Å². The average molecular weight is 264 g/mol. The monoisotopic (exact) mass is 264 g/mol. The van der Waals surface area contributed by atoms with Crippen LogP contribution >= 0.6 is 0 Å². The van der Waals surface area contributed by atoms with Gasteiger partial charge in [0.25, 0.3) is 5.91 Å². The summed E-state index contributed by atoms with van der Waals surface area (Å²) in [5.74, 6) is -0.184. The van der Waals surface area contributed by atoms with Crippen LogP contribution in [0.25, 0.3) is 0 Å². The number of hydrogen-bond acceptors (Lipinski definition) is 4. The van der Waals surface area contributed by atoms with Crippen LogP contribution in [-0.2, 0) is 0 Å². The number of aromatic amines is 1. The van der Waals surface area contributed by atoms with Crippen LogP contribution in [0.4, 0.5) is 0 Å². The van der Waals surface area contributed by atoms with Crippen molar-refractivity contribution in [3.05, 3.63) is 34.2 Å². The minimum absolute atomic E-state index is 0.184. The maximum atomic E-state index is 12.3. The van der Waals surface area contributed by atoms with Gasteiger partial charge in [-0.05, 0) is 13.0 Å². The lowest BCUT2D eigenvalue weighted by Crippen LogP contribution is -2.38. The number of nitrogens with zero attached hydrogens (tertiary/aromatic N) is 2. The first-order valence-corrected chi connectivity index (χ1v) is 6.61. The predicted octanol–water partition coefficient (Wildman–Crippen LogP) is -0.518. The molecule has 2 rings (SSSR count). The van der Waals surface area contributed by atoms with Gasteiger partial charge in [0, 0.05) is 51.2 Å². The van der Waals surface area contributed by atoms with Crippen LogP contribution in [0.5, 0.6) is 0 Å². The van der Waals surface area contributed by atoms with Crippen molar-refractivity contribution in [2.24, 2.45) is 5.73 Å². The topological polar surface area (TPSA) is 82.4 Å². The number of nitrogens with two attached hydrogens (primary N) is 1. The Morgan fingerprint density at radius 1 is 1.32 bits per heavy atom. The number of amides is 1. The fourth-order valence-electron chi connectivity index (χ4n) is 2.33. The van der Waals surface area contributed by atoms with E-state index in [1.165, 1.54) is 18.5 Å². The van der Waals surface area contributed by atoms with E-state index in [1.54, 1.807) is 4.90 Å². The lowest BCUT2D eigenvalue weighted by Gasteiger charge is -2.21. The van der Waals surface area contributed by atoms with Crippen LogP contribution in [-0.4, -0.2) is 60.0 Å². The quantitative estimate of drug-likeness (QED) is 0.769. The van der Waals surface area contributed by atoms with E-state index in [1.807, 2.05) is 0 Å². The van der Waals surface area contributed by atoms with Gasteiger partial charge < -0.3 is 20.5 Å². The predicted molar refractivity (Wildman–Crippen MR) is 73.1 cm³/mol. The molecule has 3 N–H and O–H groups in total. The Morgan fingerprint density at radius 3 is 2.89 bits per heavy atom. The maximum Gasteiger partial charge on any atom is 0.259 e. The summed E-state index contributed by atoms with van der Waals surface area (Å²) in [5.41, 5.74) is 5.54. The van der Waals surface area contributed by atoms with E-state index in [0.29, 0.717) is 19.6 Å². The second-order valence-electron chi connectivity index (χ2n) is 4.70. The minimum atomic E-state index is -0.230. The molecule has 19 heavy (non-hydrogen) atoms. The molecule has 1 aromatic rings. The molecule has 104 valence electrons. The molecule has 1 amide bonds. The molecule has 1 fully saturated rings. The number of H-pyrrole nitrogens is 1. The summed E-state index contributed by atoms with van der Waals surface area (Å²) in [6, 6.07) is 1.38. The van der Waals surface area contributed by atoms with E-state index < -0.39 is 0 Å². The highest BCUT2D eigenvalue weighted by molar-refractivity contribution is 5.93. The molecular formula is C13H20N4O2. The SMILES string of the molecule is NCCN1CCCN(C(=O)c2c[nH]ccc2=O)CC1. The van der Waals surface area contributed by atoms with E-state index in [2.05, 4.69) is 9.88 Å². The van der Waals surface area contributed by atoms with Crippen LogP contribution in [0.15, 0.2) is 23.3 Å². The lowest BCUT2D eigenvalue weighted by atomic mass is 10.2. The van der Waals surface area contributed by atoms with Gasteiger partial charge in [-0.2, -0.15) is 0 Å². The molecule has 6 heteroatoms. The van der Waals surface area contributed by atoms with E-state index >= 15 is 0 Å². The van der Waals surface area contributed by atoms with Crippen LogP contribution in [0.1, 0.15) is 16.8 Å². The highest BCUT2D eigenvalue weighted by Gasteiger charge is 2.21. The molecule has 1 aliphatic rings. The summed E-state index contributed by atoms with van der Waals surface area (Å²) in [4.78, 5) is 30.8. The van der Waals surface area contributed by atoms with Crippen molar-refractivity contribution in [1.82, 2.24) is 14.8 Å². The number of aromatic nitrogens is 1. The molecule has 1 aliphatic heterocycles. The summed E-state index contributed by atoms with van der Waals surface area (Å²) >= 11 is 0. The van der Waals surface area contributed by atoms with Gasteiger partial charge in [-0.25, -0.2) is 0 Å². The second-order valence-corrected chi connectivity index (χ2v) is 4.70. The number of nitrogens with one attached hydrogen (secondary N) is 1. The van der Waals surface area contributed by atoms with Gasteiger partial charge >= 0.3 is 0 Å². The summed E-state index contributed by atoms with van der Waals surface area (Å²) in [7, 11) is 0. The number of hydrogen-bond donors (Lipinski definition) is 2. The van der Waals surface area contributed by atoms with Crippen molar-refractivity contribution in [2.45, 2.75) is 6.42 Å². The standard InChI is InChI=1S/C13H20N4O2/c14-3-7-16-5-1-6-17(9-8-16)13(19)11-10-15-4-2-12(11)18/h2,4,10H,1,3,5-9,14H2,(H,15,18). The van der Waals surface area contributed by atoms with Crippen molar-refractivity contribution >= 4 is 5.91 Å². The smallest absolute Gasteiger partial charge is 0.259 e. The third-order valence-electron chi connectivity index (χ3n) is 3.38. The molecule has 0 unspecified atom stereocenters. The Morgan fingerprint density at radius 2 is 2.16 bits per heavy atom. The van der Waals surface area contributed by atoms with E-state index in [0.717, 1.165) is 26.1 Å². The first kappa shape index (κ1) is 13.8. The number of pyridine rings is 1. The van der Waals surface area contributed by atoms with E-state index in [-0.39, 0.29) is 16.9 Å². The normalized spacial score (nSPS) is 17.2. The molecule has 0 radical (unpaired) electrons. The summed E-state index contributed by atoms with van der Waals surface area (Å²) in [6.45, 7) is 4.58. The average Bonchev–Trinajstić information content (AvgIpc) is 2.65. The Hall–Kier alpha value is -1.66. The highest BCUT2D eigenvalue weighted by Crippen LogP contribution is 2.06. The molecule has 0 bridgehead atoms. The van der Waals surface area contributed by atoms with Crippen molar-refractivity contribution in [1.29, 1.82) is 0 Å². The molecule has 0 saturated carbocycles. The van der Waals surface area contributed by atoms with Crippen molar-refractivity contribution < 1.29 is 4.79 Å². The Bertz CT molecular complexity index is 486. The third-order valence-corrected chi connectivity index (χ3v) is 3.38. The Labute approximate surface area is 112 Å². The zero-order chi connectivity index (χ0) is 13.7. The fraction of sp³-hybridized carbons (Fsp3) is 0.538. The van der Waals surface area contributed by atoms with Gasteiger partial charge in [0.05, 0.1) is 0 Å². The zero-order valence-electron chi connectivity index (χ0n) is 11.0. The number of rotatable bonds is 3. The first-order chi connectivity index (χ1) is 9.22. The van der Waals surface area contributed by atoms with Crippen LogP contribution in [0.2, 0.25) is 0 Å². The Balaban J connectivity index is 2.04. The van der Waals surface area contributed by atoms with Gasteiger partial charge in [-0.15, -0.1) is 0 Å². The molecule has 0 aromatic carbocycles. The summed E-state index contributed by atoms with van der Waals surface area (Å²) in [5, 5.41) is 0. The molecule has 6 nitrogen and oxygen atoms in total. The van der Waals surface area contributed by atoms with Crippen LogP contribution in [0.3, 0.4) is 0 Å². The van der Waals surface area contributed by atoms with E-state index in [4.69, 9.17) is 5.73 Å². The van der Waals surface area contributed by atoms with E-state index in [9.17, 15) is 9.59 Å². The minimum Gasteiger partial charge on any atom is -0.367 e. The third kappa shape index (κ3) is 3.42. The van der Waals surface area contributed by atoms with Gasteiger partial charge in [0.2, 0.25) is 0 Å². The largest absolute Gasteiger partial charge is 0.367 e. The molecule has 1 saturated heterocycles. The van der Waals surface area contributed by atoms with Crippen molar-refractivity contribution in [3.63, 3.8) is 0 Å². The number of carbonyl (C=O) groups excluding carboxylic acids is 1. The van der Waals surface area contributed by atoms with Gasteiger partial charge in [0.1, 0.15) is 5.56 Å². The second kappa shape index (κ2) is 6.49. The molecule has 0 spiro atoms. The molecule has 0 atom stereocenters. The molecule has 1 aromatic heterocycles. The lowest BCUT2D eigenvalue weighted by molar-refractivity contribution is 0.0760. The molecule has 2 heterocycles. The Kier molecular flexibility index (Phi) is 4.70. The fourth-order valence-corrected chi connectivity index (χ4v) is 2.33. The first-order valence-electron chi connectivity index (χ1n) is 6.61. The van der Waals surface area contributed by atoms with Crippen LogP contribution in [0, 0.1) is 0 Å². The highest BCUT2D eigenvalue weighted by atomic mass is 16.2. The summed E-state index contributed by atoms with van der Waals surface area (Å²) in [6.07, 6.45) is 3.92. The number of carbonyl (C=O) groups is 1. The van der Waals surface area contributed by atoms with Crippen LogP contribution < -0.4 is 11.2 Å². The summed E-state index contributed by atoms with van der Waals surface area (Å²) < 4.78 is 0. The zero-order valence-corrected chi connectivity index (χ0v) is 11.0. The maximum absolute atomic E-state index is 12.3. The van der Waals surface area contributed by atoms with Crippen molar-refractivity contribution in [2.75, 3.05) is 39.3 Å². The van der Waals surface area contributed by atoms with Gasteiger partial charge in [0.15, 0.2) is 5.43 Å². The van der Waals surface area contributed by atoms with Gasteiger partial charge in [-0.1, -0.05) is 0 Å². The van der Waals surface area contributed by atoms with Crippen molar-refractivity contribution in [3.8, 4) is 0 Å².